The minimum atomic E-state index is 0.365. The quantitative estimate of drug-likeness (QED) is 0.811. The Morgan fingerprint density at radius 3 is 2.64 bits per heavy atom. The summed E-state index contributed by atoms with van der Waals surface area (Å²) < 4.78 is 1.24. The van der Waals surface area contributed by atoms with Gasteiger partial charge in [-0.1, -0.05) is 48.0 Å². The van der Waals surface area contributed by atoms with Crippen LogP contribution in [0.3, 0.4) is 0 Å². The van der Waals surface area contributed by atoms with E-state index in [9.17, 15) is 0 Å². The first kappa shape index (κ1) is 10.2. The Morgan fingerprint density at radius 2 is 2.07 bits per heavy atom. The van der Waals surface area contributed by atoms with E-state index in [1.807, 2.05) is 0 Å². The van der Waals surface area contributed by atoms with E-state index in [4.69, 9.17) is 0 Å². The summed E-state index contributed by atoms with van der Waals surface area (Å²) >= 11 is 3.63. The maximum Gasteiger partial charge on any atom is 0.0210 e. The molecule has 1 aliphatic heterocycles. The molecule has 0 radical (unpaired) electrons. The first-order valence-corrected chi connectivity index (χ1v) is 5.86. The van der Waals surface area contributed by atoms with Crippen molar-refractivity contribution in [3.63, 3.8) is 0 Å². The fourth-order valence-electron chi connectivity index (χ4n) is 2.23. The summed E-state index contributed by atoms with van der Waals surface area (Å²) in [7, 11) is 0. The van der Waals surface area contributed by atoms with E-state index in [1.165, 1.54) is 10.0 Å². The minimum absolute atomic E-state index is 0.365. The summed E-state index contributed by atoms with van der Waals surface area (Å²) in [5, 5.41) is 3.47. The lowest BCUT2D eigenvalue weighted by molar-refractivity contribution is 0.362. The van der Waals surface area contributed by atoms with Gasteiger partial charge in [0, 0.05) is 23.5 Å². The molecule has 1 heterocycles. The monoisotopic (exact) mass is 253 g/mol. The maximum atomic E-state index is 3.63. The van der Waals surface area contributed by atoms with Gasteiger partial charge in [0.05, 0.1) is 0 Å². The summed E-state index contributed by atoms with van der Waals surface area (Å²) in [4.78, 5) is 0. The standard InChI is InChI=1S/C12H16BrN/c1-12(2)8-14-7-10(12)9-5-3-4-6-11(9)13/h3-6,10,14H,7-8H2,1-2H3. The topological polar surface area (TPSA) is 12.0 Å². The predicted octanol–water partition coefficient (Wildman–Crippen LogP) is 3.16. The lowest BCUT2D eigenvalue weighted by Crippen LogP contribution is -2.20. The highest BCUT2D eigenvalue weighted by Gasteiger charge is 2.36. The van der Waals surface area contributed by atoms with Crippen molar-refractivity contribution < 1.29 is 0 Å². The van der Waals surface area contributed by atoms with E-state index in [-0.39, 0.29) is 0 Å². The van der Waals surface area contributed by atoms with Crippen LogP contribution in [0, 0.1) is 5.41 Å². The van der Waals surface area contributed by atoms with Crippen LogP contribution in [0.1, 0.15) is 25.3 Å². The highest BCUT2D eigenvalue weighted by molar-refractivity contribution is 9.10. The second-order valence-corrected chi connectivity index (χ2v) is 5.55. The molecule has 1 aliphatic rings. The third kappa shape index (κ3) is 1.73. The summed E-state index contributed by atoms with van der Waals surface area (Å²) in [5.41, 5.74) is 1.80. The third-order valence-electron chi connectivity index (χ3n) is 3.15. The smallest absolute Gasteiger partial charge is 0.0210 e. The van der Waals surface area contributed by atoms with Gasteiger partial charge in [-0.15, -0.1) is 0 Å². The molecule has 0 saturated carbocycles. The van der Waals surface area contributed by atoms with Gasteiger partial charge in [0.15, 0.2) is 0 Å². The zero-order chi connectivity index (χ0) is 10.2. The number of hydrogen-bond donors (Lipinski definition) is 1. The molecule has 1 unspecified atom stereocenters. The summed E-state index contributed by atoms with van der Waals surface area (Å²) in [6.45, 7) is 6.86. The summed E-state index contributed by atoms with van der Waals surface area (Å²) in [6.07, 6.45) is 0. The van der Waals surface area contributed by atoms with Gasteiger partial charge in [-0.05, 0) is 17.0 Å². The second-order valence-electron chi connectivity index (χ2n) is 4.69. The Labute approximate surface area is 94.0 Å². The first-order valence-electron chi connectivity index (χ1n) is 5.06. The van der Waals surface area contributed by atoms with E-state index in [2.05, 4.69) is 59.4 Å². The van der Waals surface area contributed by atoms with E-state index in [1.54, 1.807) is 0 Å². The zero-order valence-corrected chi connectivity index (χ0v) is 10.3. The van der Waals surface area contributed by atoms with Crippen molar-refractivity contribution in [2.45, 2.75) is 19.8 Å². The molecule has 0 aromatic heterocycles. The molecule has 0 amide bonds. The Kier molecular flexibility index (Phi) is 2.67. The Hall–Kier alpha value is -0.340. The fourth-order valence-corrected chi connectivity index (χ4v) is 2.79. The number of rotatable bonds is 1. The van der Waals surface area contributed by atoms with Crippen LogP contribution < -0.4 is 5.32 Å². The lowest BCUT2D eigenvalue weighted by atomic mass is 9.78. The number of hydrogen-bond acceptors (Lipinski definition) is 1. The van der Waals surface area contributed by atoms with Crippen LogP contribution >= 0.6 is 15.9 Å². The van der Waals surface area contributed by atoms with Crippen LogP contribution in [0.15, 0.2) is 28.7 Å². The van der Waals surface area contributed by atoms with Crippen LogP contribution in [0.2, 0.25) is 0 Å². The van der Waals surface area contributed by atoms with Gasteiger partial charge in [0.2, 0.25) is 0 Å². The van der Waals surface area contributed by atoms with E-state index >= 15 is 0 Å². The van der Waals surface area contributed by atoms with Crippen LogP contribution in [0.25, 0.3) is 0 Å². The molecule has 76 valence electrons. The zero-order valence-electron chi connectivity index (χ0n) is 8.68. The van der Waals surface area contributed by atoms with Gasteiger partial charge >= 0.3 is 0 Å². The molecule has 0 spiro atoms. The van der Waals surface area contributed by atoms with Crippen molar-refractivity contribution in [1.82, 2.24) is 5.32 Å². The molecule has 2 rings (SSSR count). The number of nitrogens with one attached hydrogen (secondary N) is 1. The van der Waals surface area contributed by atoms with E-state index in [0.717, 1.165) is 13.1 Å². The van der Waals surface area contributed by atoms with Crippen LogP contribution in [-0.4, -0.2) is 13.1 Å². The molecule has 0 aliphatic carbocycles. The van der Waals surface area contributed by atoms with Crippen molar-refractivity contribution in [3.05, 3.63) is 34.3 Å². The van der Waals surface area contributed by atoms with Crippen LogP contribution in [-0.2, 0) is 0 Å². The first-order chi connectivity index (χ1) is 6.61. The van der Waals surface area contributed by atoms with Gasteiger partial charge < -0.3 is 5.32 Å². The van der Waals surface area contributed by atoms with Crippen molar-refractivity contribution in [2.75, 3.05) is 13.1 Å². The minimum Gasteiger partial charge on any atom is -0.316 e. The van der Waals surface area contributed by atoms with Gasteiger partial charge in [0.1, 0.15) is 0 Å². The molecule has 1 N–H and O–H groups in total. The molecule has 14 heavy (non-hydrogen) atoms. The summed E-state index contributed by atoms with van der Waals surface area (Å²) in [5.74, 6) is 0.623. The van der Waals surface area contributed by atoms with Crippen molar-refractivity contribution >= 4 is 15.9 Å². The van der Waals surface area contributed by atoms with Crippen molar-refractivity contribution in [2.24, 2.45) is 5.41 Å². The third-order valence-corrected chi connectivity index (χ3v) is 3.88. The molecule has 1 saturated heterocycles. The van der Waals surface area contributed by atoms with Crippen molar-refractivity contribution in [3.8, 4) is 0 Å². The molecular formula is C12H16BrN. The van der Waals surface area contributed by atoms with Crippen LogP contribution in [0.4, 0.5) is 0 Å². The molecule has 1 fully saturated rings. The predicted molar refractivity (Wildman–Crippen MR) is 63.5 cm³/mol. The number of halogens is 1. The largest absolute Gasteiger partial charge is 0.316 e. The van der Waals surface area contributed by atoms with Gasteiger partial charge in [0.25, 0.3) is 0 Å². The van der Waals surface area contributed by atoms with Gasteiger partial charge in [-0.3, -0.25) is 0 Å². The lowest BCUT2D eigenvalue weighted by Gasteiger charge is -2.26. The highest BCUT2D eigenvalue weighted by atomic mass is 79.9. The second kappa shape index (κ2) is 3.67. The molecule has 1 aromatic rings. The SMILES string of the molecule is CC1(C)CNCC1c1ccccc1Br. The Morgan fingerprint density at radius 1 is 1.36 bits per heavy atom. The fraction of sp³-hybridized carbons (Fsp3) is 0.500. The molecule has 0 bridgehead atoms. The number of benzene rings is 1. The normalized spacial score (nSPS) is 25.2. The Bertz CT molecular complexity index is 333. The molecule has 1 nitrogen and oxygen atoms in total. The highest BCUT2D eigenvalue weighted by Crippen LogP contribution is 2.40. The Balaban J connectivity index is 2.36. The van der Waals surface area contributed by atoms with E-state index in [0.29, 0.717) is 11.3 Å². The maximum absolute atomic E-state index is 3.63. The van der Waals surface area contributed by atoms with Crippen molar-refractivity contribution in [1.29, 1.82) is 0 Å². The molecule has 1 atom stereocenters. The molecule has 2 heteroatoms. The summed E-state index contributed by atoms with van der Waals surface area (Å²) in [6, 6.07) is 8.55. The molecule has 1 aromatic carbocycles. The molecular weight excluding hydrogens is 238 g/mol. The van der Waals surface area contributed by atoms with Gasteiger partial charge in [-0.25, -0.2) is 0 Å². The van der Waals surface area contributed by atoms with Gasteiger partial charge in [-0.2, -0.15) is 0 Å². The average Bonchev–Trinajstić information content (AvgIpc) is 2.46. The van der Waals surface area contributed by atoms with E-state index < -0.39 is 0 Å². The average molecular weight is 254 g/mol. The van der Waals surface area contributed by atoms with Crippen LogP contribution in [0.5, 0.6) is 0 Å².